The Bertz CT molecular complexity index is 1700. The molecule has 0 bridgehead atoms. The Morgan fingerprint density at radius 1 is 0.395 bits per heavy atom. The summed E-state index contributed by atoms with van der Waals surface area (Å²) >= 11 is 0. The molecule has 6 rings (SSSR count). The molecule has 0 amide bonds. The van der Waals surface area contributed by atoms with E-state index in [1.807, 2.05) is 115 Å². The van der Waals surface area contributed by atoms with Crippen molar-refractivity contribution < 1.29 is 4.79 Å². The van der Waals surface area contributed by atoms with Crippen molar-refractivity contribution >= 4 is 16.9 Å². The first kappa shape index (κ1) is 27.6. The summed E-state index contributed by atoms with van der Waals surface area (Å²) < 4.78 is 0. The fourth-order valence-corrected chi connectivity index (χ4v) is 5.69. The van der Waals surface area contributed by atoms with Crippen molar-refractivity contribution in [2.24, 2.45) is 0 Å². The van der Waals surface area contributed by atoms with Gasteiger partial charge in [-0.25, -0.2) is 0 Å². The van der Waals surface area contributed by atoms with Crippen LogP contribution in [-0.4, -0.2) is 5.78 Å². The lowest BCUT2D eigenvalue weighted by molar-refractivity contribution is -0.111. The smallest absolute Gasteiger partial charge is 0.184 e. The maximum Gasteiger partial charge on any atom is 0.184 e. The summed E-state index contributed by atoms with van der Waals surface area (Å²) in [6.45, 7) is 0. The number of allylic oxidation sites excluding steroid dienone is 2. The Morgan fingerprint density at radius 2 is 0.698 bits per heavy atom. The van der Waals surface area contributed by atoms with Gasteiger partial charge < -0.3 is 0 Å². The van der Waals surface area contributed by atoms with Crippen molar-refractivity contribution in [2.75, 3.05) is 0 Å². The van der Waals surface area contributed by atoms with Crippen LogP contribution in [0.3, 0.4) is 0 Å². The molecule has 0 saturated carbocycles. The zero-order valence-corrected chi connectivity index (χ0v) is 23.9. The number of rotatable bonds is 9. The molecule has 0 radical (unpaired) electrons. The van der Waals surface area contributed by atoms with Crippen LogP contribution in [0.1, 0.15) is 39.3 Å². The summed E-state index contributed by atoms with van der Waals surface area (Å²) in [6.07, 6.45) is 1.84. The minimum absolute atomic E-state index is 0.0249. The van der Waals surface area contributed by atoms with E-state index in [2.05, 4.69) is 72.8 Å². The lowest BCUT2D eigenvalue weighted by atomic mass is 9.77. The highest BCUT2D eigenvalue weighted by Gasteiger charge is 2.29. The molecule has 206 valence electrons. The maximum atomic E-state index is 15.1. The quantitative estimate of drug-likeness (QED) is 0.163. The van der Waals surface area contributed by atoms with Crippen molar-refractivity contribution in [2.45, 2.75) is 5.92 Å². The Kier molecular flexibility index (Phi) is 8.62. The van der Waals surface area contributed by atoms with Crippen LogP contribution in [0.4, 0.5) is 0 Å². The molecule has 0 aliphatic heterocycles. The molecule has 0 saturated heterocycles. The number of benzene rings is 6. The molecule has 0 unspecified atom stereocenters. The minimum Gasteiger partial charge on any atom is -0.290 e. The summed E-state index contributed by atoms with van der Waals surface area (Å²) in [5.41, 5.74) is 8.69. The molecule has 0 aromatic heterocycles. The van der Waals surface area contributed by atoms with E-state index in [1.54, 1.807) is 0 Å². The van der Waals surface area contributed by atoms with E-state index in [0.29, 0.717) is 0 Å². The second-order valence-corrected chi connectivity index (χ2v) is 10.4. The fraction of sp³-hybridized carbons (Fsp3) is 0.0238. The Balaban J connectivity index is 1.70. The third-order valence-electron chi connectivity index (χ3n) is 7.66. The van der Waals surface area contributed by atoms with Crippen LogP contribution in [0.25, 0.3) is 11.1 Å². The Hall–Kier alpha value is -5.53. The number of ketones is 1. The topological polar surface area (TPSA) is 17.1 Å². The van der Waals surface area contributed by atoms with Crippen LogP contribution in [0.5, 0.6) is 0 Å². The van der Waals surface area contributed by atoms with Crippen LogP contribution < -0.4 is 0 Å². The monoisotopic (exact) mass is 552 g/mol. The molecule has 1 heteroatoms. The van der Waals surface area contributed by atoms with Crippen molar-refractivity contribution in [1.29, 1.82) is 0 Å². The van der Waals surface area contributed by atoms with Crippen LogP contribution in [0.15, 0.2) is 194 Å². The molecule has 0 heterocycles. The Labute approximate surface area is 254 Å². The third-order valence-corrected chi connectivity index (χ3v) is 7.66. The van der Waals surface area contributed by atoms with E-state index in [9.17, 15) is 0 Å². The molecule has 6 aromatic carbocycles. The zero-order valence-electron chi connectivity index (χ0n) is 23.9. The predicted octanol–water partition coefficient (Wildman–Crippen LogP) is 10.0. The molecule has 0 spiro atoms. The van der Waals surface area contributed by atoms with E-state index in [4.69, 9.17) is 0 Å². The van der Waals surface area contributed by atoms with Crippen LogP contribution in [0, 0.1) is 0 Å². The van der Waals surface area contributed by atoms with Gasteiger partial charge >= 0.3 is 0 Å². The van der Waals surface area contributed by atoms with E-state index >= 15 is 4.79 Å². The first-order valence-electron chi connectivity index (χ1n) is 14.6. The first-order valence-corrected chi connectivity index (χ1v) is 14.6. The number of carbonyl (C=O) groups is 1. The summed E-state index contributed by atoms with van der Waals surface area (Å²) in [7, 11) is 0. The number of carbonyl (C=O) groups excluding carboxylic acids is 1. The van der Waals surface area contributed by atoms with Crippen molar-refractivity contribution in [3.8, 4) is 0 Å². The molecule has 0 N–H and O–H groups in total. The normalized spacial score (nSPS) is 10.6. The summed E-state index contributed by atoms with van der Waals surface area (Å²) in [5.74, 6) is -0.322. The summed E-state index contributed by atoms with van der Waals surface area (Å²) in [4.78, 5) is 15.1. The average Bonchev–Trinajstić information content (AvgIpc) is 3.09. The van der Waals surface area contributed by atoms with E-state index in [1.165, 1.54) is 0 Å². The molecule has 0 fully saturated rings. The molecule has 1 nitrogen and oxygen atoms in total. The second kappa shape index (κ2) is 13.4. The highest BCUT2D eigenvalue weighted by Crippen LogP contribution is 2.40. The molecule has 0 atom stereocenters. The second-order valence-electron chi connectivity index (χ2n) is 10.4. The van der Waals surface area contributed by atoms with Crippen molar-refractivity contribution in [3.63, 3.8) is 0 Å². The van der Waals surface area contributed by atoms with E-state index < -0.39 is 0 Å². The van der Waals surface area contributed by atoms with E-state index in [0.717, 1.165) is 50.1 Å². The van der Waals surface area contributed by atoms with Gasteiger partial charge in [-0.05, 0) is 50.6 Å². The molecule has 0 aliphatic carbocycles. The third kappa shape index (κ3) is 6.37. The summed E-state index contributed by atoms with van der Waals surface area (Å²) in [5, 5.41) is 0. The number of hydrogen-bond donors (Lipinski definition) is 0. The van der Waals surface area contributed by atoms with Crippen molar-refractivity contribution in [3.05, 3.63) is 227 Å². The van der Waals surface area contributed by atoms with Gasteiger partial charge in [-0.1, -0.05) is 182 Å². The van der Waals surface area contributed by atoms with Gasteiger partial charge in [-0.2, -0.15) is 0 Å². The SMILES string of the molecule is O=C(C=C(c1ccccc1)c1ccccc1)C(=C(c1ccccc1)c1ccccc1)C(c1ccccc1)c1ccccc1. The zero-order chi connectivity index (χ0) is 29.3. The molecule has 43 heavy (non-hydrogen) atoms. The van der Waals surface area contributed by atoms with Gasteiger partial charge in [0.1, 0.15) is 0 Å². The van der Waals surface area contributed by atoms with Gasteiger partial charge in [0.05, 0.1) is 0 Å². The molecule has 6 aromatic rings. The lowest BCUT2D eigenvalue weighted by Gasteiger charge is -2.25. The largest absolute Gasteiger partial charge is 0.290 e. The average molecular weight is 553 g/mol. The first-order chi connectivity index (χ1) is 21.3. The van der Waals surface area contributed by atoms with E-state index in [-0.39, 0.29) is 11.7 Å². The fourth-order valence-electron chi connectivity index (χ4n) is 5.69. The minimum atomic E-state index is -0.297. The lowest BCUT2D eigenvalue weighted by Crippen LogP contribution is -2.15. The van der Waals surface area contributed by atoms with Crippen molar-refractivity contribution in [1.82, 2.24) is 0 Å². The standard InChI is InChI=1S/C42H32O/c43-39(31-38(32-19-7-1-8-20-32)33-21-9-2-10-22-33)42(40(34-23-11-3-12-24-34)35-25-13-4-14-26-35)41(36-27-15-5-16-28-36)37-29-17-6-18-30-37/h1-31,40H. The van der Waals surface area contributed by atoms with Gasteiger partial charge in [0, 0.05) is 11.5 Å². The van der Waals surface area contributed by atoms with Gasteiger partial charge in [0.25, 0.3) is 0 Å². The maximum absolute atomic E-state index is 15.1. The van der Waals surface area contributed by atoms with Gasteiger partial charge in [-0.3, -0.25) is 4.79 Å². The van der Waals surface area contributed by atoms with Crippen LogP contribution in [-0.2, 0) is 4.79 Å². The Morgan fingerprint density at radius 3 is 1.05 bits per heavy atom. The highest BCUT2D eigenvalue weighted by molar-refractivity contribution is 6.16. The predicted molar refractivity (Wildman–Crippen MR) is 179 cm³/mol. The van der Waals surface area contributed by atoms with Crippen LogP contribution >= 0.6 is 0 Å². The summed E-state index contributed by atoms with van der Waals surface area (Å²) in [6, 6.07) is 61.6. The molecular weight excluding hydrogens is 520 g/mol. The van der Waals surface area contributed by atoms with Gasteiger partial charge in [0.15, 0.2) is 5.78 Å². The van der Waals surface area contributed by atoms with Gasteiger partial charge in [-0.15, -0.1) is 0 Å². The number of hydrogen-bond acceptors (Lipinski definition) is 1. The molecular formula is C42H32O. The van der Waals surface area contributed by atoms with Crippen LogP contribution in [0.2, 0.25) is 0 Å². The highest BCUT2D eigenvalue weighted by atomic mass is 16.1. The molecule has 0 aliphatic rings. The van der Waals surface area contributed by atoms with Gasteiger partial charge in [0.2, 0.25) is 0 Å².